The van der Waals surface area contributed by atoms with Crippen molar-refractivity contribution >= 4 is 17.5 Å². The van der Waals surface area contributed by atoms with Gasteiger partial charge in [0, 0.05) is 17.8 Å². The SMILES string of the molecule is Cc1ccc(C(=O)N2CCC[C@H](C(=O)Nc3cccc(C(C)(C)C)c3)[C@@H]2c2ccc(CCC(C)(C)O)cc2)c(C)c1. The van der Waals surface area contributed by atoms with Crippen molar-refractivity contribution in [2.75, 3.05) is 11.9 Å². The van der Waals surface area contributed by atoms with E-state index < -0.39 is 5.60 Å². The molecule has 0 aromatic heterocycles. The van der Waals surface area contributed by atoms with Crippen LogP contribution in [0.5, 0.6) is 0 Å². The highest BCUT2D eigenvalue weighted by atomic mass is 16.3. The van der Waals surface area contributed by atoms with Crippen molar-refractivity contribution in [1.82, 2.24) is 4.90 Å². The van der Waals surface area contributed by atoms with Crippen LogP contribution in [0.2, 0.25) is 0 Å². The standard InChI is InChI=1S/C36H46N2O3/c1-24-13-18-30(25(2)22-24)34(40)38-21-9-12-31(33(39)37-29-11-8-10-28(23-29)35(3,4)5)32(38)27-16-14-26(15-17-27)19-20-36(6,7)41/h8,10-11,13-18,22-23,31-32,41H,9,12,19-21H2,1-7H3,(H,37,39)/t31-,32-/m0/s1. The predicted molar refractivity (Wildman–Crippen MR) is 167 cm³/mol. The average Bonchev–Trinajstić information content (AvgIpc) is 2.91. The number of nitrogens with one attached hydrogen (secondary N) is 1. The number of aryl methyl sites for hydroxylation is 3. The van der Waals surface area contributed by atoms with Crippen molar-refractivity contribution < 1.29 is 14.7 Å². The summed E-state index contributed by atoms with van der Waals surface area (Å²) >= 11 is 0. The minimum Gasteiger partial charge on any atom is -0.390 e. The lowest BCUT2D eigenvalue weighted by molar-refractivity contribution is -0.123. The van der Waals surface area contributed by atoms with Gasteiger partial charge in [0.1, 0.15) is 0 Å². The number of hydrogen-bond donors (Lipinski definition) is 2. The normalized spacial score (nSPS) is 17.8. The molecule has 1 fully saturated rings. The van der Waals surface area contributed by atoms with Gasteiger partial charge in [-0.05, 0) is 99.2 Å². The van der Waals surface area contributed by atoms with Crippen LogP contribution < -0.4 is 5.32 Å². The molecule has 218 valence electrons. The Morgan fingerprint density at radius 2 is 1.66 bits per heavy atom. The summed E-state index contributed by atoms with van der Waals surface area (Å²) < 4.78 is 0. The summed E-state index contributed by atoms with van der Waals surface area (Å²) in [5.41, 5.74) is 6.00. The second-order valence-electron chi connectivity index (χ2n) is 13.4. The first-order valence-electron chi connectivity index (χ1n) is 14.8. The molecule has 5 nitrogen and oxygen atoms in total. The zero-order valence-electron chi connectivity index (χ0n) is 25.8. The van der Waals surface area contributed by atoms with Crippen molar-refractivity contribution in [3.8, 4) is 0 Å². The van der Waals surface area contributed by atoms with Gasteiger partial charge >= 0.3 is 0 Å². The molecule has 0 unspecified atom stereocenters. The summed E-state index contributed by atoms with van der Waals surface area (Å²) in [6.45, 7) is 14.7. The third-order valence-electron chi connectivity index (χ3n) is 8.18. The smallest absolute Gasteiger partial charge is 0.254 e. The summed E-state index contributed by atoms with van der Waals surface area (Å²) in [7, 11) is 0. The van der Waals surface area contributed by atoms with E-state index in [2.05, 4.69) is 56.4 Å². The van der Waals surface area contributed by atoms with Gasteiger partial charge in [-0.3, -0.25) is 9.59 Å². The maximum Gasteiger partial charge on any atom is 0.254 e. The minimum atomic E-state index is -0.732. The van der Waals surface area contributed by atoms with Gasteiger partial charge in [-0.2, -0.15) is 0 Å². The van der Waals surface area contributed by atoms with E-state index in [9.17, 15) is 14.7 Å². The predicted octanol–water partition coefficient (Wildman–Crippen LogP) is 7.54. The highest BCUT2D eigenvalue weighted by molar-refractivity contribution is 5.98. The summed E-state index contributed by atoms with van der Waals surface area (Å²) in [6.07, 6.45) is 2.88. The van der Waals surface area contributed by atoms with Crippen LogP contribution in [0.15, 0.2) is 66.7 Å². The van der Waals surface area contributed by atoms with Crippen LogP contribution in [0.25, 0.3) is 0 Å². The molecule has 1 aliphatic rings. The lowest BCUT2D eigenvalue weighted by atomic mass is 9.82. The van der Waals surface area contributed by atoms with E-state index >= 15 is 0 Å². The fourth-order valence-electron chi connectivity index (χ4n) is 5.75. The van der Waals surface area contributed by atoms with E-state index in [-0.39, 0.29) is 29.2 Å². The number of carbonyl (C=O) groups is 2. The topological polar surface area (TPSA) is 69.6 Å². The first-order valence-corrected chi connectivity index (χ1v) is 14.8. The highest BCUT2D eigenvalue weighted by Gasteiger charge is 2.40. The first kappa shape index (κ1) is 30.5. The number of rotatable bonds is 7. The lowest BCUT2D eigenvalue weighted by Gasteiger charge is -2.41. The molecule has 2 N–H and O–H groups in total. The number of nitrogens with zero attached hydrogens (tertiary/aromatic N) is 1. The third kappa shape index (κ3) is 7.65. The van der Waals surface area contributed by atoms with Crippen molar-refractivity contribution in [3.05, 3.63) is 100 Å². The van der Waals surface area contributed by atoms with Crippen LogP contribution in [0, 0.1) is 19.8 Å². The molecule has 0 aliphatic carbocycles. The van der Waals surface area contributed by atoms with E-state index in [4.69, 9.17) is 0 Å². The lowest BCUT2D eigenvalue weighted by Crippen LogP contribution is -2.46. The van der Waals surface area contributed by atoms with Crippen molar-refractivity contribution in [1.29, 1.82) is 0 Å². The van der Waals surface area contributed by atoms with E-state index in [0.717, 1.165) is 46.3 Å². The van der Waals surface area contributed by atoms with Gasteiger partial charge in [0.15, 0.2) is 0 Å². The van der Waals surface area contributed by atoms with E-state index in [1.54, 1.807) is 0 Å². The highest BCUT2D eigenvalue weighted by Crippen LogP contribution is 2.39. The number of piperidine rings is 1. The summed E-state index contributed by atoms with van der Waals surface area (Å²) in [5.74, 6) is -0.491. The zero-order valence-corrected chi connectivity index (χ0v) is 25.8. The summed E-state index contributed by atoms with van der Waals surface area (Å²) in [5, 5.41) is 13.4. The molecule has 0 saturated carbocycles. The number of aliphatic hydroxyl groups is 1. The number of hydrogen-bond acceptors (Lipinski definition) is 3. The van der Waals surface area contributed by atoms with Crippen LogP contribution in [-0.4, -0.2) is 34.0 Å². The number of amides is 2. The largest absolute Gasteiger partial charge is 0.390 e. The maximum atomic E-state index is 14.0. The Kier molecular flexibility index (Phi) is 9.08. The molecule has 41 heavy (non-hydrogen) atoms. The van der Waals surface area contributed by atoms with Gasteiger partial charge in [0.05, 0.1) is 17.6 Å². The Balaban J connectivity index is 1.68. The van der Waals surface area contributed by atoms with E-state index in [0.29, 0.717) is 24.9 Å². The molecular weight excluding hydrogens is 508 g/mol. The molecule has 4 rings (SSSR count). The quantitative estimate of drug-likeness (QED) is 0.317. The summed E-state index contributed by atoms with van der Waals surface area (Å²) in [6, 6.07) is 21.8. The number of carbonyl (C=O) groups excluding carboxylic acids is 2. The second-order valence-corrected chi connectivity index (χ2v) is 13.4. The minimum absolute atomic E-state index is 0.0315. The molecule has 3 aromatic carbocycles. The average molecular weight is 555 g/mol. The van der Waals surface area contributed by atoms with Gasteiger partial charge in [0.25, 0.3) is 5.91 Å². The fourth-order valence-corrected chi connectivity index (χ4v) is 5.75. The van der Waals surface area contributed by atoms with Gasteiger partial charge < -0.3 is 15.3 Å². The Bertz CT molecular complexity index is 1380. The Morgan fingerprint density at radius 3 is 2.29 bits per heavy atom. The molecule has 5 heteroatoms. The Labute approximate surface area is 246 Å². The maximum absolute atomic E-state index is 14.0. The van der Waals surface area contributed by atoms with Gasteiger partial charge in [-0.25, -0.2) is 0 Å². The van der Waals surface area contributed by atoms with Crippen molar-refractivity contribution in [2.24, 2.45) is 5.92 Å². The van der Waals surface area contributed by atoms with E-state index in [1.807, 2.05) is 69.0 Å². The molecule has 2 amide bonds. The van der Waals surface area contributed by atoms with Gasteiger partial charge in [-0.15, -0.1) is 0 Å². The second kappa shape index (κ2) is 12.2. The Hall–Kier alpha value is -3.44. The monoisotopic (exact) mass is 554 g/mol. The third-order valence-corrected chi connectivity index (χ3v) is 8.18. The van der Waals surface area contributed by atoms with E-state index in [1.165, 1.54) is 0 Å². The molecule has 3 aromatic rings. The molecule has 1 saturated heterocycles. The van der Waals surface area contributed by atoms with Crippen molar-refractivity contribution in [3.63, 3.8) is 0 Å². The Morgan fingerprint density at radius 1 is 0.951 bits per heavy atom. The van der Waals surface area contributed by atoms with Crippen LogP contribution in [-0.2, 0) is 16.6 Å². The number of likely N-dealkylation sites (tertiary alicyclic amines) is 1. The number of benzene rings is 3. The molecule has 0 spiro atoms. The van der Waals surface area contributed by atoms with Gasteiger partial charge in [0.2, 0.25) is 5.91 Å². The van der Waals surface area contributed by atoms with Crippen LogP contribution in [0.1, 0.15) is 98.1 Å². The molecule has 2 atom stereocenters. The molecule has 0 bridgehead atoms. The molecule has 1 heterocycles. The fraction of sp³-hybridized carbons (Fsp3) is 0.444. The van der Waals surface area contributed by atoms with Gasteiger partial charge in [-0.1, -0.05) is 74.9 Å². The first-order chi connectivity index (χ1) is 19.2. The van der Waals surface area contributed by atoms with Crippen molar-refractivity contribution in [2.45, 2.75) is 91.2 Å². The summed E-state index contributed by atoms with van der Waals surface area (Å²) in [4.78, 5) is 29.9. The molecule has 1 aliphatic heterocycles. The zero-order chi connectivity index (χ0) is 29.9. The number of anilines is 1. The molecule has 0 radical (unpaired) electrons. The van der Waals surface area contributed by atoms with Crippen LogP contribution in [0.3, 0.4) is 0 Å². The molecular formula is C36H46N2O3. The van der Waals surface area contributed by atoms with Crippen LogP contribution >= 0.6 is 0 Å². The van der Waals surface area contributed by atoms with Crippen LogP contribution in [0.4, 0.5) is 5.69 Å².